The number of ether oxygens (including phenoxy) is 1. The van der Waals surface area contributed by atoms with Crippen molar-refractivity contribution < 1.29 is 9.53 Å². The zero-order chi connectivity index (χ0) is 12.8. The first kappa shape index (κ1) is 13.6. The zero-order valence-corrected chi connectivity index (χ0v) is 11.7. The van der Waals surface area contributed by atoms with Crippen LogP contribution in [0.15, 0.2) is 29.2 Å². The van der Waals surface area contributed by atoms with Crippen LogP contribution in [-0.2, 0) is 4.74 Å². The topological polar surface area (TPSA) is 26.3 Å². The molecule has 1 unspecified atom stereocenters. The van der Waals surface area contributed by atoms with Gasteiger partial charge in [-0.1, -0.05) is 12.1 Å². The van der Waals surface area contributed by atoms with Crippen molar-refractivity contribution in [2.24, 2.45) is 0 Å². The first-order valence-electron chi connectivity index (χ1n) is 6.58. The number of hydrogen-bond acceptors (Lipinski definition) is 3. The van der Waals surface area contributed by atoms with Crippen molar-refractivity contribution in [2.75, 3.05) is 12.9 Å². The predicted octanol–water partition coefficient (Wildman–Crippen LogP) is 3.94. The van der Waals surface area contributed by atoms with E-state index in [1.54, 1.807) is 11.8 Å². The lowest BCUT2D eigenvalue weighted by molar-refractivity contribution is 0.0922. The van der Waals surface area contributed by atoms with Gasteiger partial charge in [0.1, 0.15) is 0 Å². The highest BCUT2D eigenvalue weighted by atomic mass is 32.2. The van der Waals surface area contributed by atoms with Crippen LogP contribution in [-0.4, -0.2) is 24.7 Å². The second-order valence-corrected chi connectivity index (χ2v) is 5.56. The summed E-state index contributed by atoms with van der Waals surface area (Å²) in [5.74, 6) is 0.251. The number of hydrogen-bond donors (Lipinski definition) is 0. The predicted molar refractivity (Wildman–Crippen MR) is 75.4 cm³/mol. The van der Waals surface area contributed by atoms with Crippen LogP contribution < -0.4 is 0 Å². The van der Waals surface area contributed by atoms with Gasteiger partial charge in [0, 0.05) is 23.5 Å². The Bertz CT molecular complexity index is 380. The molecule has 0 aromatic heterocycles. The number of benzene rings is 1. The standard InChI is InChI=1S/C15H20O2S/c1-18-14-9-7-12(8-10-14)15(16)6-2-4-13-5-3-11-17-13/h7-10,13H,2-6,11H2,1H3. The molecule has 2 rings (SSSR count). The van der Waals surface area contributed by atoms with E-state index in [-0.39, 0.29) is 5.78 Å². The van der Waals surface area contributed by atoms with Crippen molar-refractivity contribution in [1.29, 1.82) is 0 Å². The van der Waals surface area contributed by atoms with Gasteiger partial charge < -0.3 is 4.74 Å². The molecule has 0 bridgehead atoms. The van der Waals surface area contributed by atoms with E-state index in [2.05, 4.69) is 0 Å². The van der Waals surface area contributed by atoms with Crippen LogP contribution in [0.1, 0.15) is 42.5 Å². The van der Waals surface area contributed by atoms with E-state index in [0.29, 0.717) is 12.5 Å². The fourth-order valence-electron chi connectivity index (χ4n) is 2.28. The number of thioether (sulfide) groups is 1. The maximum absolute atomic E-state index is 12.0. The van der Waals surface area contributed by atoms with Crippen LogP contribution >= 0.6 is 11.8 Å². The molecule has 1 atom stereocenters. The Morgan fingerprint density at radius 1 is 1.39 bits per heavy atom. The average molecular weight is 264 g/mol. The van der Waals surface area contributed by atoms with Crippen molar-refractivity contribution in [3.8, 4) is 0 Å². The van der Waals surface area contributed by atoms with Gasteiger partial charge in [0.2, 0.25) is 0 Å². The largest absolute Gasteiger partial charge is 0.378 e. The quantitative estimate of drug-likeness (QED) is 0.575. The summed E-state index contributed by atoms with van der Waals surface area (Å²) in [6.07, 6.45) is 7.38. The summed E-state index contributed by atoms with van der Waals surface area (Å²) in [6, 6.07) is 7.89. The molecule has 1 aromatic carbocycles. The molecule has 18 heavy (non-hydrogen) atoms. The van der Waals surface area contributed by atoms with Crippen LogP contribution in [0.3, 0.4) is 0 Å². The van der Waals surface area contributed by atoms with Crippen LogP contribution in [0, 0.1) is 0 Å². The molecule has 1 aliphatic rings. The molecule has 3 heteroatoms. The second-order valence-electron chi connectivity index (χ2n) is 4.68. The van der Waals surface area contributed by atoms with Gasteiger partial charge in [-0.2, -0.15) is 0 Å². The minimum atomic E-state index is 0.251. The average Bonchev–Trinajstić information content (AvgIpc) is 2.92. The van der Waals surface area contributed by atoms with Gasteiger partial charge >= 0.3 is 0 Å². The Morgan fingerprint density at radius 2 is 2.17 bits per heavy atom. The summed E-state index contributed by atoms with van der Waals surface area (Å²) in [7, 11) is 0. The fourth-order valence-corrected chi connectivity index (χ4v) is 2.69. The van der Waals surface area contributed by atoms with Crippen molar-refractivity contribution in [3.05, 3.63) is 29.8 Å². The molecule has 1 aliphatic heterocycles. The second kappa shape index (κ2) is 6.95. The Kier molecular flexibility index (Phi) is 5.26. The van der Waals surface area contributed by atoms with Gasteiger partial charge in [-0.25, -0.2) is 0 Å². The number of rotatable bonds is 6. The summed E-state index contributed by atoms with van der Waals surface area (Å²) in [5.41, 5.74) is 0.833. The number of carbonyl (C=O) groups is 1. The third-order valence-electron chi connectivity index (χ3n) is 3.37. The van der Waals surface area contributed by atoms with Crippen LogP contribution in [0.5, 0.6) is 0 Å². The molecule has 0 radical (unpaired) electrons. The Morgan fingerprint density at radius 3 is 2.78 bits per heavy atom. The molecule has 98 valence electrons. The minimum absolute atomic E-state index is 0.251. The highest BCUT2D eigenvalue weighted by Gasteiger charge is 2.15. The van der Waals surface area contributed by atoms with Gasteiger partial charge in [0.25, 0.3) is 0 Å². The first-order chi connectivity index (χ1) is 8.79. The molecule has 0 aliphatic carbocycles. The summed E-state index contributed by atoms with van der Waals surface area (Å²) < 4.78 is 5.56. The summed E-state index contributed by atoms with van der Waals surface area (Å²) in [6.45, 7) is 0.898. The molecule has 0 amide bonds. The smallest absolute Gasteiger partial charge is 0.162 e. The summed E-state index contributed by atoms with van der Waals surface area (Å²) in [5, 5.41) is 0. The van der Waals surface area contributed by atoms with Crippen molar-refractivity contribution >= 4 is 17.5 Å². The molecular formula is C15H20O2S. The maximum Gasteiger partial charge on any atom is 0.162 e. The monoisotopic (exact) mass is 264 g/mol. The molecular weight excluding hydrogens is 244 g/mol. The van der Waals surface area contributed by atoms with Crippen molar-refractivity contribution in [2.45, 2.75) is 43.1 Å². The molecule has 1 saturated heterocycles. The molecule has 0 saturated carbocycles. The van der Waals surface area contributed by atoms with Crippen molar-refractivity contribution in [3.63, 3.8) is 0 Å². The summed E-state index contributed by atoms with van der Waals surface area (Å²) in [4.78, 5) is 13.2. The first-order valence-corrected chi connectivity index (χ1v) is 7.81. The van der Waals surface area contributed by atoms with E-state index < -0.39 is 0 Å². The van der Waals surface area contributed by atoms with E-state index in [0.717, 1.165) is 31.4 Å². The third kappa shape index (κ3) is 3.85. The highest BCUT2D eigenvalue weighted by Crippen LogP contribution is 2.19. The highest BCUT2D eigenvalue weighted by molar-refractivity contribution is 7.98. The molecule has 0 N–H and O–H groups in total. The van der Waals surface area contributed by atoms with E-state index in [9.17, 15) is 4.79 Å². The molecule has 1 heterocycles. The van der Waals surface area contributed by atoms with E-state index in [4.69, 9.17) is 4.74 Å². The Balaban J connectivity index is 1.76. The zero-order valence-electron chi connectivity index (χ0n) is 10.9. The lowest BCUT2D eigenvalue weighted by atomic mass is 10.0. The lowest BCUT2D eigenvalue weighted by Crippen LogP contribution is -2.06. The molecule has 2 nitrogen and oxygen atoms in total. The van der Waals surface area contributed by atoms with Gasteiger partial charge in [-0.3, -0.25) is 4.79 Å². The molecule has 1 fully saturated rings. The Hall–Kier alpha value is -0.800. The lowest BCUT2D eigenvalue weighted by Gasteiger charge is -2.08. The third-order valence-corrected chi connectivity index (χ3v) is 4.11. The van der Waals surface area contributed by atoms with Gasteiger partial charge in [-0.15, -0.1) is 11.8 Å². The normalized spacial score (nSPS) is 19.1. The number of ketones is 1. The number of Topliss-reactive ketones (excluding diaryl/α,β-unsaturated/α-hetero) is 1. The van der Waals surface area contributed by atoms with Crippen LogP contribution in [0.4, 0.5) is 0 Å². The van der Waals surface area contributed by atoms with Gasteiger partial charge in [0.15, 0.2) is 5.78 Å². The summed E-state index contributed by atoms with van der Waals surface area (Å²) >= 11 is 1.70. The van der Waals surface area contributed by atoms with Gasteiger partial charge in [0.05, 0.1) is 6.10 Å². The Labute approximate surface area is 113 Å². The van der Waals surface area contributed by atoms with Gasteiger partial charge in [-0.05, 0) is 44.1 Å². The van der Waals surface area contributed by atoms with Crippen LogP contribution in [0.2, 0.25) is 0 Å². The van der Waals surface area contributed by atoms with Crippen molar-refractivity contribution in [1.82, 2.24) is 0 Å². The van der Waals surface area contributed by atoms with E-state index in [1.165, 1.54) is 11.3 Å². The van der Waals surface area contributed by atoms with E-state index >= 15 is 0 Å². The van der Waals surface area contributed by atoms with E-state index in [1.807, 2.05) is 30.5 Å². The number of carbonyl (C=O) groups excluding carboxylic acids is 1. The maximum atomic E-state index is 12.0. The minimum Gasteiger partial charge on any atom is -0.378 e. The molecule has 0 spiro atoms. The molecule has 1 aromatic rings. The SMILES string of the molecule is CSc1ccc(C(=O)CCCC2CCCO2)cc1. The fraction of sp³-hybridized carbons (Fsp3) is 0.533. The van der Waals surface area contributed by atoms with Crippen LogP contribution in [0.25, 0.3) is 0 Å².